The van der Waals surface area contributed by atoms with E-state index in [1.54, 1.807) is 48.5 Å². The third-order valence-corrected chi connectivity index (χ3v) is 2.50. The van der Waals surface area contributed by atoms with Gasteiger partial charge in [0.15, 0.2) is 0 Å². The lowest BCUT2D eigenvalue weighted by molar-refractivity contribution is -0.131. The molecule has 4 nitrogen and oxygen atoms in total. The zero-order valence-corrected chi connectivity index (χ0v) is 10.5. The van der Waals surface area contributed by atoms with Crippen LogP contribution in [0.1, 0.15) is 15.9 Å². The average Bonchev–Trinajstić information content (AvgIpc) is 2.46. The van der Waals surface area contributed by atoms with E-state index in [0.29, 0.717) is 16.9 Å². The SMILES string of the molecule is O=C(O)C=Cc1cccc(OC(=O)c2ccccc2)c1. The van der Waals surface area contributed by atoms with Crippen LogP contribution in [0.2, 0.25) is 0 Å². The summed E-state index contributed by atoms with van der Waals surface area (Å²) in [6.45, 7) is 0. The Morgan fingerprint density at radius 1 is 1.00 bits per heavy atom. The summed E-state index contributed by atoms with van der Waals surface area (Å²) in [7, 11) is 0. The van der Waals surface area contributed by atoms with Crippen LogP contribution in [0, 0.1) is 0 Å². The molecule has 0 aliphatic heterocycles. The van der Waals surface area contributed by atoms with Crippen molar-refractivity contribution >= 4 is 18.0 Å². The lowest BCUT2D eigenvalue weighted by Crippen LogP contribution is -2.08. The summed E-state index contributed by atoms with van der Waals surface area (Å²) in [4.78, 5) is 22.3. The Hall–Kier alpha value is -2.88. The lowest BCUT2D eigenvalue weighted by Gasteiger charge is -2.04. The summed E-state index contributed by atoms with van der Waals surface area (Å²) < 4.78 is 5.23. The molecule has 0 spiro atoms. The number of carbonyl (C=O) groups excluding carboxylic acids is 1. The number of rotatable bonds is 4. The number of ether oxygens (including phenoxy) is 1. The van der Waals surface area contributed by atoms with Gasteiger partial charge in [-0.1, -0.05) is 30.3 Å². The summed E-state index contributed by atoms with van der Waals surface area (Å²) in [5, 5.41) is 8.57. The lowest BCUT2D eigenvalue weighted by atomic mass is 10.2. The molecule has 0 fully saturated rings. The second-order valence-corrected chi connectivity index (χ2v) is 4.00. The van der Waals surface area contributed by atoms with Crippen molar-refractivity contribution in [3.05, 3.63) is 71.8 Å². The Labute approximate surface area is 115 Å². The monoisotopic (exact) mass is 268 g/mol. The second kappa shape index (κ2) is 6.33. The first-order valence-electron chi connectivity index (χ1n) is 5.93. The molecule has 1 N–H and O–H groups in total. The molecule has 0 atom stereocenters. The van der Waals surface area contributed by atoms with Crippen LogP contribution in [0.15, 0.2) is 60.7 Å². The molecule has 100 valence electrons. The van der Waals surface area contributed by atoms with E-state index in [0.717, 1.165) is 6.08 Å². The van der Waals surface area contributed by atoms with Crippen molar-refractivity contribution in [3.8, 4) is 5.75 Å². The zero-order chi connectivity index (χ0) is 14.4. The molecule has 0 saturated carbocycles. The second-order valence-electron chi connectivity index (χ2n) is 4.00. The highest BCUT2D eigenvalue weighted by atomic mass is 16.5. The molecular weight excluding hydrogens is 256 g/mol. The fourth-order valence-corrected chi connectivity index (χ4v) is 1.59. The van der Waals surface area contributed by atoms with Crippen molar-refractivity contribution in [1.29, 1.82) is 0 Å². The average molecular weight is 268 g/mol. The van der Waals surface area contributed by atoms with Crippen molar-refractivity contribution in [2.24, 2.45) is 0 Å². The van der Waals surface area contributed by atoms with E-state index >= 15 is 0 Å². The maximum Gasteiger partial charge on any atom is 0.343 e. The summed E-state index contributed by atoms with van der Waals surface area (Å²) in [6, 6.07) is 15.3. The third-order valence-electron chi connectivity index (χ3n) is 2.50. The molecule has 0 aliphatic carbocycles. The number of carbonyl (C=O) groups is 2. The number of aliphatic carboxylic acids is 1. The van der Waals surface area contributed by atoms with E-state index in [2.05, 4.69) is 0 Å². The summed E-state index contributed by atoms with van der Waals surface area (Å²) in [5.41, 5.74) is 1.10. The van der Waals surface area contributed by atoms with Crippen molar-refractivity contribution in [2.45, 2.75) is 0 Å². The van der Waals surface area contributed by atoms with Crippen LogP contribution in [0.5, 0.6) is 5.75 Å². The van der Waals surface area contributed by atoms with Gasteiger partial charge in [0.2, 0.25) is 0 Å². The fourth-order valence-electron chi connectivity index (χ4n) is 1.59. The van der Waals surface area contributed by atoms with Gasteiger partial charge in [-0.2, -0.15) is 0 Å². The van der Waals surface area contributed by atoms with Gasteiger partial charge in [-0.15, -0.1) is 0 Å². The predicted octanol–water partition coefficient (Wildman–Crippen LogP) is 3.00. The normalized spacial score (nSPS) is 10.4. The van der Waals surface area contributed by atoms with Gasteiger partial charge in [-0.25, -0.2) is 9.59 Å². The number of hydrogen-bond donors (Lipinski definition) is 1. The maximum absolute atomic E-state index is 11.9. The first-order chi connectivity index (χ1) is 9.65. The number of hydrogen-bond acceptors (Lipinski definition) is 3. The van der Waals surface area contributed by atoms with Gasteiger partial charge in [0.05, 0.1) is 5.56 Å². The fraction of sp³-hybridized carbons (Fsp3) is 0. The molecule has 0 aromatic heterocycles. The summed E-state index contributed by atoms with van der Waals surface area (Å²) in [6.07, 6.45) is 2.46. The van der Waals surface area contributed by atoms with Crippen LogP contribution >= 0.6 is 0 Å². The minimum atomic E-state index is -1.03. The number of carboxylic acid groups (broad SMARTS) is 1. The molecule has 2 rings (SSSR count). The zero-order valence-electron chi connectivity index (χ0n) is 10.5. The van der Waals surface area contributed by atoms with Gasteiger partial charge in [-0.3, -0.25) is 0 Å². The Balaban J connectivity index is 2.12. The Morgan fingerprint density at radius 3 is 2.45 bits per heavy atom. The van der Waals surface area contributed by atoms with Crippen LogP contribution in [-0.2, 0) is 4.79 Å². The first-order valence-corrected chi connectivity index (χ1v) is 5.93. The topological polar surface area (TPSA) is 63.6 Å². The predicted molar refractivity (Wildman–Crippen MR) is 74.5 cm³/mol. The molecule has 0 amide bonds. The molecule has 0 aliphatic rings. The highest BCUT2D eigenvalue weighted by Crippen LogP contribution is 2.16. The standard InChI is InChI=1S/C16H12O4/c17-15(18)10-9-12-5-4-8-14(11-12)20-16(19)13-6-2-1-3-7-13/h1-11H,(H,17,18). The third kappa shape index (κ3) is 3.81. The highest BCUT2D eigenvalue weighted by Gasteiger charge is 2.07. The van der Waals surface area contributed by atoms with Gasteiger partial charge in [-0.05, 0) is 35.9 Å². The van der Waals surface area contributed by atoms with E-state index in [1.807, 2.05) is 6.07 Å². The van der Waals surface area contributed by atoms with E-state index in [4.69, 9.17) is 9.84 Å². The van der Waals surface area contributed by atoms with Crippen molar-refractivity contribution in [2.75, 3.05) is 0 Å². The van der Waals surface area contributed by atoms with E-state index < -0.39 is 11.9 Å². The molecule has 20 heavy (non-hydrogen) atoms. The quantitative estimate of drug-likeness (QED) is 0.526. The van der Waals surface area contributed by atoms with Gasteiger partial charge in [0, 0.05) is 6.08 Å². The minimum Gasteiger partial charge on any atom is -0.478 e. The van der Waals surface area contributed by atoms with Crippen LogP contribution in [0.4, 0.5) is 0 Å². The van der Waals surface area contributed by atoms with Crippen LogP contribution in [0.3, 0.4) is 0 Å². The Morgan fingerprint density at radius 2 is 1.75 bits per heavy atom. The van der Waals surface area contributed by atoms with Gasteiger partial charge in [0.1, 0.15) is 5.75 Å². The maximum atomic E-state index is 11.9. The molecule has 0 saturated heterocycles. The van der Waals surface area contributed by atoms with E-state index in [1.165, 1.54) is 6.08 Å². The first kappa shape index (κ1) is 13.5. The van der Waals surface area contributed by atoms with Crippen LogP contribution in [-0.4, -0.2) is 17.0 Å². The van der Waals surface area contributed by atoms with Crippen LogP contribution in [0.25, 0.3) is 6.08 Å². The van der Waals surface area contributed by atoms with E-state index in [9.17, 15) is 9.59 Å². The molecule has 0 radical (unpaired) electrons. The molecule has 0 bridgehead atoms. The molecule has 0 heterocycles. The Bertz CT molecular complexity index is 645. The molecule has 0 unspecified atom stereocenters. The van der Waals surface area contributed by atoms with Crippen LogP contribution < -0.4 is 4.74 Å². The number of benzene rings is 2. The minimum absolute atomic E-state index is 0.367. The molecule has 4 heteroatoms. The Kier molecular flexibility index (Phi) is 4.29. The number of esters is 1. The smallest absolute Gasteiger partial charge is 0.343 e. The van der Waals surface area contributed by atoms with Crippen molar-refractivity contribution in [3.63, 3.8) is 0 Å². The van der Waals surface area contributed by atoms with Gasteiger partial charge < -0.3 is 9.84 Å². The number of carboxylic acids is 1. The van der Waals surface area contributed by atoms with E-state index in [-0.39, 0.29) is 0 Å². The van der Waals surface area contributed by atoms with Crippen molar-refractivity contribution < 1.29 is 19.4 Å². The summed E-state index contributed by atoms with van der Waals surface area (Å²) >= 11 is 0. The highest BCUT2D eigenvalue weighted by molar-refractivity contribution is 5.91. The summed E-state index contributed by atoms with van der Waals surface area (Å²) in [5.74, 6) is -1.12. The molecular formula is C16H12O4. The molecule has 2 aromatic rings. The molecule has 2 aromatic carbocycles. The largest absolute Gasteiger partial charge is 0.478 e. The van der Waals surface area contributed by atoms with Gasteiger partial charge >= 0.3 is 11.9 Å². The van der Waals surface area contributed by atoms with Crippen molar-refractivity contribution in [1.82, 2.24) is 0 Å². The van der Waals surface area contributed by atoms with Gasteiger partial charge in [0.25, 0.3) is 0 Å².